The molecule has 0 aliphatic carbocycles. The minimum absolute atomic E-state index is 0.0310. The normalized spacial score (nSPS) is 13.3. The van der Waals surface area contributed by atoms with Crippen molar-refractivity contribution in [2.24, 2.45) is 0 Å². The van der Waals surface area contributed by atoms with Crippen LogP contribution in [0.25, 0.3) is 0 Å². The summed E-state index contributed by atoms with van der Waals surface area (Å²) in [6.07, 6.45) is 0. The maximum absolute atomic E-state index is 12.6. The van der Waals surface area contributed by atoms with Gasteiger partial charge in [-0.05, 0) is 36.8 Å². The first-order valence-electron chi connectivity index (χ1n) is 8.56. The Morgan fingerprint density at radius 1 is 1.19 bits per heavy atom. The van der Waals surface area contributed by atoms with Crippen molar-refractivity contribution in [2.75, 3.05) is 30.9 Å². The third-order valence-electron chi connectivity index (χ3n) is 4.18. The average molecular weight is 370 g/mol. The highest BCUT2D eigenvalue weighted by molar-refractivity contribution is 8.00. The molecular formula is C20H22N2O3S. The number of anilines is 1. The Hall–Kier alpha value is -2.47. The van der Waals surface area contributed by atoms with Crippen LogP contribution in [-0.2, 0) is 16.1 Å². The lowest BCUT2D eigenvalue weighted by Crippen LogP contribution is -2.43. The molecule has 6 heteroatoms. The first kappa shape index (κ1) is 18.3. The molecule has 0 bridgehead atoms. The van der Waals surface area contributed by atoms with Gasteiger partial charge in [-0.25, -0.2) is 0 Å². The lowest BCUT2D eigenvalue weighted by atomic mass is 10.2. The summed E-state index contributed by atoms with van der Waals surface area (Å²) in [7, 11) is 1.76. The van der Waals surface area contributed by atoms with E-state index in [4.69, 9.17) is 4.74 Å². The van der Waals surface area contributed by atoms with Gasteiger partial charge in [0.15, 0.2) is 0 Å². The fourth-order valence-electron chi connectivity index (χ4n) is 2.80. The predicted molar refractivity (Wildman–Crippen MR) is 104 cm³/mol. The van der Waals surface area contributed by atoms with Crippen molar-refractivity contribution in [2.45, 2.75) is 18.4 Å². The van der Waals surface area contributed by atoms with E-state index in [9.17, 15) is 9.59 Å². The molecule has 1 aliphatic rings. The number of fused-ring (bicyclic) bond motifs is 1. The fourth-order valence-corrected chi connectivity index (χ4v) is 3.74. The largest absolute Gasteiger partial charge is 0.494 e. The Labute approximate surface area is 157 Å². The van der Waals surface area contributed by atoms with E-state index in [0.717, 1.165) is 21.9 Å². The molecule has 0 N–H and O–H groups in total. The molecule has 5 nitrogen and oxygen atoms in total. The maximum atomic E-state index is 12.6. The number of ether oxygens (including phenoxy) is 1. The molecule has 2 aromatic carbocycles. The molecule has 0 atom stereocenters. The number of thioether (sulfide) groups is 1. The number of hydrogen-bond donors (Lipinski definition) is 0. The monoisotopic (exact) mass is 370 g/mol. The quantitative estimate of drug-likeness (QED) is 0.784. The second-order valence-corrected chi connectivity index (χ2v) is 7.08. The number of hydrogen-bond acceptors (Lipinski definition) is 4. The van der Waals surface area contributed by atoms with Crippen LogP contribution in [0, 0.1) is 0 Å². The maximum Gasteiger partial charge on any atom is 0.242 e. The lowest BCUT2D eigenvalue weighted by Gasteiger charge is -2.30. The predicted octanol–water partition coefficient (Wildman–Crippen LogP) is 3.18. The van der Waals surface area contributed by atoms with Crippen molar-refractivity contribution in [3.05, 3.63) is 54.1 Å². The van der Waals surface area contributed by atoms with Gasteiger partial charge < -0.3 is 14.5 Å². The first-order valence-corrected chi connectivity index (χ1v) is 9.55. The molecule has 0 fully saturated rings. The number of nitrogens with zero attached hydrogens (tertiary/aromatic N) is 2. The van der Waals surface area contributed by atoms with E-state index in [0.29, 0.717) is 18.9 Å². The van der Waals surface area contributed by atoms with Gasteiger partial charge in [-0.2, -0.15) is 0 Å². The van der Waals surface area contributed by atoms with Gasteiger partial charge in [0.25, 0.3) is 0 Å². The summed E-state index contributed by atoms with van der Waals surface area (Å²) in [5, 5.41) is 0. The topological polar surface area (TPSA) is 49.9 Å². The molecule has 2 amide bonds. The molecule has 0 saturated carbocycles. The molecule has 0 radical (unpaired) electrons. The van der Waals surface area contributed by atoms with Crippen molar-refractivity contribution in [1.29, 1.82) is 0 Å². The van der Waals surface area contributed by atoms with Gasteiger partial charge in [0.1, 0.15) is 12.3 Å². The lowest BCUT2D eigenvalue weighted by molar-refractivity contribution is -0.130. The smallest absolute Gasteiger partial charge is 0.242 e. The van der Waals surface area contributed by atoms with Crippen molar-refractivity contribution in [3.8, 4) is 5.75 Å². The van der Waals surface area contributed by atoms with Gasteiger partial charge in [0.05, 0.1) is 18.0 Å². The first-order chi connectivity index (χ1) is 12.6. The van der Waals surface area contributed by atoms with Crippen molar-refractivity contribution >= 4 is 29.3 Å². The van der Waals surface area contributed by atoms with Crippen molar-refractivity contribution < 1.29 is 14.3 Å². The zero-order chi connectivity index (χ0) is 18.5. The summed E-state index contributed by atoms with van der Waals surface area (Å²) >= 11 is 1.52. The van der Waals surface area contributed by atoms with E-state index in [1.165, 1.54) is 11.8 Å². The Kier molecular flexibility index (Phi) is 5.83. The zero-order valence-corrected chi connectivity index (χ0v) is 15.8. The highest BCUT2D eigenvalue weighted by Gasteiger charge is 2.27. The number of likely N-dealkylation sites (N-methyl/N-ethyl adjacent to an activating group) is 1. The number of para-hydroxylation sites is 1. The third-order valence-corrected chi connectivity index (χ3v) is 5.23. The average Bonchev–Trinajstić information content (AvgIpc) is 2.65. The van der Waals surface area contributed by atoms with Crippen LogP contribution < -0.4 is 9.64 Å². The second-order valence-electron chi connectivity index (χ2n) is 6.06. The number of amides is 2. The van der Waals surface area contributed by atoms with Crippen LogP contribution in [0.15, 0.2) is 53.4 Å². The molecule has 0 unspecified atom stereocenters. The number of rotatable bonds is 6. The van der Waals surface area contributed by atoms with Crippen LogP contribution in [0.3, 0.4) is 0 Å². The minimum atomic E-state index is -0.0889. The molecular weight excluding hydrogens is 348 g/mol. The van der Waals surface area contributed by atoms with Gasteiger partial charge >= 0.3 is 0 Å². The molecule has 3 rings (SSSR count). The summed E-state index contributed by atoms with van der Waals surface area (Å²) in [4.78, 5) is 29.2. The SMILES string of the molecule is CCOc1ccc(CN(C)C(=O)CN2C(=O)CSc3ccccc32)cc1. The summed E-state index contributed by atoms with van der Waals surface area (Å²) < 4.78 is 5.43. The van der Waals surface area contributed by atoms with E-state index >= 15 is 0 Å². The zero-order valence-electron chi connectivity index (χ0n) is 15.0. The van der Waals surface area contributed by atoms with Gasteiger partial charge in [0.2, 0.25) is 11.8 Å². The summed E-state index contributed by atoms with van der Waals surface area (Å²) in [5.41, 5.74) is 1.83. The summed E-state index contributed by atoms with van der Waals surface area (Å²) in [5.74, 6) is 1.07. The Bertz CT molecular complexity index is 792. The summed E-state index contributed by atoms with van der Waals surface area (Å²) in [6.45, 7) is 3.12. The molecule has 1 aliphatic heterocycles. The van der Waals surface area contributed by atoms with Gasteiger partial charge in [-0.15, -0.1) is 11.8 Å². The fraction of sp³-hybridized carbons (Fsp3) is 0.300. The standard InChI is InChI=1S/C20H22N2O3S/c1-3-25-16-10-8-15(9-11-16)12-21(2)19(23)13-22-17-6-4-5-7-18(17)26-14-20(22)24/h4-11H,3,12-14H2,1-2H3. The Morgan fingerprint density at radius 3 is 2.65 bits per heavy atom. The van der Waals surface area contributed by atoms with Crippen molar-refractivity contribution in [1.82, 2.24) is 4.90 Å². The van der Waals surface area contributed by atoms with Crippen LogP contribution in [0.2, 0.25) is 0 Å². The molecule has 26 heavy (non-hydrogen) atoms. The van der Waals surface area contributed by atoms with Gasteiger partial charge in [-0.1, -0.05) is 24.3 Å². The Morgan fingerprint density at radius 2 is 1.92 bits per heavy atom. The van der Waals surface area contributed by atoms with Crippen LogP contribution >= 0.6 is 11.8 Å². The molecule has 0 saturated heterocycles. The molecule has 136 valence electrons. The molecule has 0 spiro atoms. The number of carbonyl (C=O) groups is 2. The van der Waals surface area contributed by atoms with Crippen LogP contribution in [0.1, 0.15) is 12.5 Å². The highest BCUT2D eigenvalue weighted by Crippen LogP contribution is 2.34. The number of benzene rings is 2. The summed E-state index contributed by atoms with van der Waals surface area (Å²) in [6, 6.07) is 15.4. The van der Waals surface area contributed by atoms with E-state index in [2.05, 4.69) is 0 Å². The van der Waals surface area contributed by atoms with Crippen LogP contribution in [-0.4, -0.2) is 42.7 Å². The minimum Gasteiger partial charge on any atom is -0.494 e. The third kappa shape index (κ3) is 4.19. The van der Waals surface area contributed by atoms with Crippen LogP contribution in [0.5, 0.6) is 5.75 Å². The van der Waals surface area contributed by atoms with Crippen molar-refractivity contribution in [3.63, 3.8) is 0 Å². The van der Waals surface area contributed by atoms with E-state index in [1.807, 2.05) is 55.5 Å². The second kappa shape index (κ2) is 8.27. The van der Waals surface area contributed by atoms with E-state index in [1.54, 1.807) is 16.8 Å². The van der Waals surface area contributed by atoms with Crippen LogP contribution in [0.4, 0.5) is 5.69 Å². The Balaban J connectivity index is 1.65. The van der Waals surface area contributed by atoms with E-state index in [-0.39, 0.29) is 18.4 Å². The highest BCUT2D eigenvalue weighted by atomic mass is 32.2. The number of carbonyl (C=O) groups excluding carboxylic acids is 2. The molecule has 1 heterocycles. The van der Waals surface area contributed by atoms with Gasteiger partial charge in [0, 0.05) is 18.5 Å². The van der Waals surface area contributed by atoms with Gasteiger partial charge in [-0.3, -0.25) is 9.59 Å². The molecule has 0 aromatic heterocycles. The van der Waals surface area contributed by atoms with E-state index < -0.39 is 0 Å². The molecule has 2 aromatic rings.